The van der Waals surface area contributed by atoms with Gasteiger partial charge < -0.3 is 25.6 Å². The third-order valence-electron chi connectivity index (χ3n) is 6.16. The highest BCUT2D eigenvalue weighted by Gasteiger charge is 2.56. The molecule has 10 nitrogen and oxygen atoms in total. The molecule has 0 unspecified atom stereocenters. The zero-order valence-electron chi connectivity index (χ0n) is 21.3. The molecule has 2 aliphatic heterocycles. The van der Waals surface area contributed by atoms with Gasteiger partial charge in [-0.15, -0.1) is 0 Å². The van der Waals surface area contributed by atoms with Crippen LogP contribution in [-0.4, -0.2) is 65.0 Å². The molecule has 39 heavy (non-hydrogen) atoms. The van der Waals surface area contributed by atoms with Gasteiger partial charge in [0.05, 0.1) is 12.6 Å². The zero-order valence-corrected chi connectivity index (χ0v) is 21.3. The van der Waals surface area contributed by atoms with Crippen molar-refractivity contribution < 1.29 is 45.9 Å². The highest BCUT2D eigenvalue weighted by molar-refractivity contribution is 6.02. The lowest BCUT2D eigenvalue weighted by Gasteiger charge is -2.35. The Hall–Kier alpha value is -3.96. The Labute approximate surface area is 219 Å². The maximum Gasteiger partial charge on any atom is 0.471 e. The number of nitrogens with zero attached hydrogens (tertiary/aromatic N) is 2. The topological polar surface area (TPSA) is 141 Å². The number of rotatable bonds is 5. The Bertz CT molecular complexity index is 1240. The first kappa shape index (κ1) is 29.6. The summed E-state index contributed by atoms with van der Waals surface area (Å²) in [5.41, 5.74) is -2.90. The largest absolute Gasteiger partial charge is 0.473 e. The second kappa shape index (κ2) is 10.3. The highest BCUT2D eigenvalue weighted by atomic mass is 19.4. The lowest BCUT2D eigenvalue weighted by atomic mass is 9.87. The lowest BCUT2D eigenvalue weighted by molar-refractivity contribution is -0.174. The molecule has 0 aliphatic carbocycles. The second-order valence-corrected chi connectivity index (χ2v) is 10.6. The summed E-state index contributed by atoms with van der Waals surface area (Å²) in [4.78, 5) is 51.4. The molecule has 3 rings (SSSR count). The number of hydrogen-bond donors (Lipinski definition) is 3. The van der Waals surface area contributed by atoms with Crippen molar-refractivity contribution in [1.82, 2.24) is 15.5 Å². The molecule has 1 saturated heterocycles. The maximum atomic E-state index is 14.1. The number of amides is 4. The van der Waals surface area contributed by atoms with Crippen LogP contribution in [0.1, 0.15) is 40.5 Å². The van der Waals surface area contributed by atoms with Gasteiger partial charge in [-0.1, -0.05) is 20.8 Å². The van der Waals surface area contributed by atoms with Gasteiger partial charge in [0.15, 0.2) is 11.6 Å². The first-order valence-corrected chi connectivity index (χ1v) is 11.7. The fraction of sp³-hybridized carbons (Fsp3) is 0.542. The molecule has 0 aromatic heterocycles. The molecular weight excluding hydrogens is 533 g/mol. The number of halogens is 5. The number of anilines is 1. The van der Waals surface area contributed by atoms with E-state index in [-0.39, 0.29) is 18.6 Å². The molecule has 2 heterocycles. The van der Waals surface area contributed by atoms with E-state index in [2.05, 4.69) is 10.6 Å². The monoisotopic (exact) mass is 559 g/mol. The van der Waals surface area contributed by atoms with Crippen molar-refractivity contribution >= 4 is 29.3 Å². The fourth-order valence-electron chi connectivity index (χ4n) is 4.35. The highest BCUT2D eigenvalue weighted by Crippen LogP contribution is 2.42. The van der Waals surface area contributed by atoms with Gasteiger partial charge in [0.25, 0.3) is 5.91 Å². The van der Waals surface area contributed by atoms with E-state index >= 15 is 0 Å². The quantitative estimate of drug-likeness (QED) is 0.473. The number of hydrogen-bond acceptors (Lipinski definition) is 6. The van der Waals surface area contributed by atoms with Crippen LogP contribution in [0.3, 0.4) is 0 Å². The third kappa shape index (κ3) is 6.37. The van der Waals surface area contributed by atoms with Crippen LogP contribution in [-0.2, 0) is 19.2 Å². The summed E-state index contributed by atoms with van der Waals surface area (Å²) < 4.78 is 71.4. The summed E-state index contributed by atoms with van der Waals surface area (Å²) in [5, 5.41) is 15.8. The van der Waals surface area contributed by atoms with Gasteiger partial charge in [0, 0.05) is 18.6 Å². The van der Waals surface area contributed by atoms with Crippen LogP contribution in [0.4, 0.5) is 27.6 Å². The Morgan fingerprint density at radius 2 is 1.87 bits per heavy atom. The summed E-state index contributed by atoms with van der Waals surface area (Å²) in [6.07, 6.45) is -5.64. The molecule has 4 amide bonds. The van der Waals surface area contributed by atoms with Crippen LogP contribution in [0.15, 0.2) is 12.1 Å². The first-order chi connectivity index (χ1) is 17.9. The Balaban J connectivity index is 1.86. The molecular formula is C24H26F5N5O5. The predicted octanol–water partition coefficient (Wildman–Crippen LogP) is 2.15. The van der Waals surface area contributed by atoms with Crippen molar-refractivity contribution in [2.75, 3.05) is 11.9 Å². The summed E-state index contributed by atoms with van der Waals surface area (Å²) >= 11 is 0. The Kier molecular flexibility index (Phi) is 7.82. The van der Waals surface area contributed by atoms with Gasteiger partial charge in [-0.3, -0.25) is 19.2 Å². The van der Waals surface area contributed by atoms with E-state index in [0.717, 1.165) is 17.9 Å². The number of alkyl halides is 3. The number of ether oxygens (including phenoxy) is 1. The van der Waals surface area contributed by atoms with Crippen molar-refractivity contribution in [2.45, 2.75) is 70.4 Å². The van der Waals surface area contributed by atoms with Crippen molar-refractivity contribution in [3.63, 3.8) is 0 Å². The molecule has 3 N–H and O–H groups in total. The van der Waals surface area contributed by atoms with Gasteiger partial charge in [0.2, 0.25) is 17.4 Å². The van der Waals surface area contributed by atoms with Gasteiger partial charge in [-0.2, -0.15) is 18.4 Å². The minimum atomic E-state index is -5.23. The van der Waals surface area contributed by atoms with E-state index in [1.165, 1.54) is 5.32 Å². The predicted molar refractivity (Wildman–Crippen MR) is 124 cm³/mol. The number of likely N-dealkylation sites (tertiary alicyclic amines) is 1. The molecule has 212 valence electrons. The molecule has 0 saturated carbocycles. The van der Waals surface area contributed by atoms with Crippen LogP contribution in [0.5, 0.6) is 5.75 Å². The van der Waals surface area contributed by atoms with E-state index in [1.54, 1.807) is 20.8 Å². The summed E-state index contributed by atoms with van der Waals surface area (Å²) in [6.45, 7) is 5.64. The summed E-state index contributed by atoms with van der Waals surface area (Å²) in [5.74, 6) is -7.57. The minimum Gasteiger partial charge on any atom is -0.473 e. The first-order valence-electron chi connectivity index (χ1n) is 11.7. The van der Waals surface area contributed by atoms with Crippen LogP contribution < -0.4 is 20.7 Å². The van der Waals surface area contributed by atoms with Crippen LogP contribution in [0, 0.1) is 28.4 Å². The molecule has 4 atom stereocenters. The number of benzene rings is 1. The molecule has 1 aromatic carbocycles. The van der Waals surface area contributed by atoms with E-state index in [4.69, 9.17) is 4.74 Å². The Morgan fingerprint density at radius 1 is 1.23 bits per heavy atom. The van der Waals surface area contributed by atoms with Crippen molar-refractivity contribution in [2.24, 2.45) is 5.41 Å². The number of fused-ring (bicyclic) bond motifs is 1. The molecule has 15 heteroatoms. The van der Waals surface area contributed by atoms with Gasteiger partial charge >= 0.3 is 12.1 Å². The van der Waals surface area contributed by atoms with Crippen LogP contribution in [0.2, 0.25) is 0 Å². The van der Waals surface area contributed by atoms with E-state index in [1.807, 2.05) is 6.07 Å². The van der Waals surface area contributed by atoms with Gasteiger partial charge in [0.1, 0.15) is 29.6 Å². The number of carbonyl (C=O) groups is 4. The summed E-state index contributed by atoms with van der Waals surface area (Å²) in [7, 11) is 0. The number of nitrogens with one attached hydrogen (secondary N) is 3. The molecule has 0 radical (unpaired) electrons. The van der Waals surface area contributed by atoms with E-state index in [9.17, 15) is 46.4 Å². The number of nitriles is 1. The van der Waals surface area contributed by atoms with E-state index in [0.29, 0.717) is 6.07 Å². The molecule has 1 fully saturated rings. The molecule has 1 spiro atoms. The zero-order chi connectivity index (χ0) is 29.5. The lowest BCUT2D eigenvalue weighted by Crippen LogP contribution is -2.57. The average molecular weight is 559 g/mol. The van der Waals surface area contributed by atoms with Crippen molar-refractivity contribution in [3.05, 3.63) is 23.8 Å². The van der Waals surface area contributed by atoms with Crippen molar-refractivity contribution in [3.8, 4) is 11.8 Å². The minimum absolute atomic E-state index is 0.0362. The van der Waals surface area contributed by atoms with Crippen molar-refractivity contribution in [1.29, 1.82) is 5.26 Å². The average Bonchev–Trinajstić information content (AvgIpc) is 3.17. The molecule has 0 bridgehead atoms. The van der Waals surface area contributed by atoms with E-state index < -0.39 is 82.8 Å². The van der Waals surface area contributed by atoms with Crippen LogP contribution in [0.25, 0.3) is 0 Å². The fourth-order valence-corrected chi connectivity index (χ4v) is 4.35. The summed E-state index contributed by atoms with van der Waals surface area (Å²) in [6, 6.07) is -1.05. The maximum absolute atomic E-state index is 14.1. The second-order valence-electron chi connectivity index (χ2n) is 10.6. The Morgan fingerprint density at radius 3 is 2.44 bits per heavy atom. The smallest absolute Gasteiger partial charge is 0.471 e. The molecule has 1 aromatic rings. The molecule has 2 aliphatic rings. The number of carbonyl (C=O) groups excluding carboxylic acids is 4. The SMILES string of the molecule is C[C@H](NC(=O)C(F)(F)F)C(=O)N[C@@H](CC(C)(C)C)C(=O)N1C[C@@]2(C[C@H]1C#N)Oc1cc(F)cc(F)c1NC2=O. The van der Waals surface area contributed by atoms with Gasteiger partial charge in [-0.25, -0.2) is 8.78 Å². The van der Waals surface area contributed by atoms with Gasteiger partial charge in [-0.05, 0) is 18.8 Å². The normalized spacial score (nSPS) is 22.2. The van der Waals surface area contributed by atoms with Crippen LogP contribution >= 0.6 is 0 Å². The standard InChI is InChI=1S/C24H26F5N5O5/c1-11(31-21(38)24(27,28)29)18(35)32-15(8-22(2,3)4)19(36)34-10-23(7-13(34)9-30)20(37)33-17-14(26)5-12(25)6-16(17)39-23/h5-6,11,13,15H,7-8,10H2,1-4H3,(H,31,38)(H,32,35)(H,33,37)/t11-,13-,15-,23+/m0/s1. The third-order valence-corrected chi connectivity index (χ3v) is 6.16.